The quantitative estimate of drug-likeness (QED) is 0.607. The summed E-state index contributed by atoms with van der Waals surface area (Å²) in [5.74, 6) is -0.116. The molecule has 0 saturated carbocycles. The van der Waals surface area contributed by atoms with Crippen LogP contribution in [0.3, 0.4) is 0 Å². The van der Waals surface area contributed by atoms with Crippen molar-refractivity contribution in [2.75, 3.05) is 43.1 Å². The Labute approximate surface area is 176 Å². The largest absolute Gasteiger partial charge is 0.484 e. The molecule has 1 heterocycles. The molecule has 1 aliphatic heterocycles. The molecule has 1 saturated heterocycles. The molecule has 1 N–H and O–H groups in total. The normalized spacial score (nSPS) is 14.1. The summed E-state index contributed by atoms with van der Waals surface area (Å²) in [5, 5.41) is 4.77. The first-order valence-corrected chi connectivity index (χ1v) is 10.1. The molecule has 7 heteroatoms. The molecule has 0 radical (unpaired) electrons. The Hall–Kier alpha value is -2.64. The van der Waals surface area contributed by atoms with Gasteiger partial charge in [-0.2, -0.15) is 0 Å². The number of anilines is 2. The monoisotopic (exact) mass is 458 g/mol. The molecule has 0 aromatic heterocycles. The molecule has 5 nitrogen and oxygen atoms in total. The van der Waals surface area contributed by atoms with E-state index in [0.29, 0.717) is 43.4 Å². The fraction of sp³-hybridized carbons (Fsp3) is 0.227. The van der Waals surface area contributed by atoms with E-state index < -0.39 is 0 Å². The Morgan fingerprint density at radius 2 is 1.83 bits per heavy atom. The van der Waals surface area contributed by atoms with Gasteiger partial charge in [0.2, 0.25) is 0 Å². The van der Waals surface area contributed by atoms with Crippen LogP contribution in [0, 0.1) is 5.82 Å². The number of benzene rings is 3. The highest BCUT2D eigenvalue weighted by Crippen LogP contribution is 2.25. The average Bonchev–Trinajstić information content (AvgIpc) is 2.73. The van der Waals surface area contributed by atoms with Gasteiger partial charge < -0.3 is 19.7 Å². The number of carbonyl (C=O) groups excluding carboxylic acids is 1. The fourth-order valence-electron chi connectivity index (χ4n) is 3.28. The average molecular weight is 459 g/mol. The van der Waals surface area contributed by atoms with Crippen molar-refractivity contribution < 1.29 is 18.7 Å². The van der Waals surface area contributed by atoms with Gasteiger partial charge in [0.05, 0.1) is 18.9 Å². The number of hydrogen-bond donors (Lipinski definition) is 1. The highest BCUT2D eigenvalue weighted by molar-refractivity contribution is 9.10. The molecule has 0 bridgehead atoms. The summed E-state index contributed by atoms with van der Waals surface area (Å²) in [6, 6.07) is 16.3. The Balaban J connectivity index is 1.36. The van der Waals surface area contributed by atoms with Crippen LogP contribution < -0.4 is 15.0 Å². The lowest BCUT2D eigenvalue weighted by atomic mass is 10.1. The maximum absolute atomic E-state index is 14.4. The van der Waals surface area contributed by atoms with Crippen molar-refractivity contribution in [2.45, 2.75) is 0 Å². The first-order valence-electron chi connectivity index (χ1n) is 9.33. The lowest BCUT2D eigenvalue weighted by Crippen LogP contribution is -2.36. The minimum atomic E-state index is -0.369. The third kappa shape index (κ3) is 4.86. The van der Waals surface area contributed by atoms with Crippen molar-refractivity contribution in [3.8, 4) is 5.75 Å². The lowest BCUT2D eigenvalue weighted by molar-refractivity contribution is -0.118. The van der Waals surface area contributed by atoms with Crippen molar-refractivity contribution in [1.29, 1.82) is 0 Å². The zero-order chi connectivity index (χ0) is 20.2. The smallest absolute Gasteiger partial charge is 0.262 e. The molecule has 0 atom stereocenters. The van der Waals surface area contributed by atoms with Gasteiger partial charge in [0.25, 0.3) is 5.91 Å². The van der Waals surface area contributed by atoms with Gasteiger partial charge in [-0.05, 0) is 53.2 Å². The number of carbonyl (C=O) groups is 1. The van der Waals surface area contributed by atoms with E-state index in [2.05, 4.69) is 21.2 Å². The second-order valence-corrected chi connectivity index (χ2v) is 7.67. The van der Waals surface area contributed by atoms with Gasteiger partial charge in [-0.25, -0.2) is 4.39 Å². The van der Waals surface area contributed by atoms with Crippen LogP contribution in [0.25, 0.3) is 10.8 Å². The Morgan fingerprint density at radius 1 is 1.07 bits per heavy atom. The SMILES string of the molecule is O=C(COc1ccc2cc(Br)ccc2c1)Nc1ccc(N2CCOCC2)c(F)c1. The third-order valence-corrected chi connectivity index (χ3v) is 5.22. The molecule has 1 fully saturated rings. The van der Waals surface area contributed by atoms with Gasteiger partial charge >= 0.3 is 0 Å². The number of ether oxygens (including phenoxy) is 2. The number of morpholine rings is 1. The molecular weight excluding hydrogens is 439 g/mol. The van der Waals surface area contributed by atoms with Gasteiger partial charge in [0.1, 0.15) is 11.6 Å². The first kappa shape index (κ1) is 19.7. The molecule has 4 rings (SSSR count). The maximum Gasteiger partial charge on any atom is 0.262 e. The second kappa shape index (κ2) is 8.80. The summed E-state index contributed by atoms with van der Waals surface area (Å²) in [5.41, 5.74) is 0.918. The van der Waals surface area contributed by atoms with E-state index in [1.54, 1.807) is 12.1 Å². The van der Waals surface area contributed by atoms with Gasteiger partial charge in [-0.15, -0.1) is 0 Å². The molecular formula is C22H20BrFN2O3. The maximum atomic E-state index is 14.4. The summed E-state index contributed by atoms with van der Waals surface area (Å²) in [6.07, 6.45) is 0. The van der Waals surface area contributed by atoms with E-state index in [0.717, 1.165) is 15.2 Å². The molecule has 29 heavy (non-hydrogen) atoms. The first-order chi connectivity index (χ1) is 14.1. The van der Waals surface area contributed by atoms with E-state index in [1.807, 2.05) is 41.3 Å². The van der Waals surface area contributed by atoms with Crippen molar-refractivity contribution in [2.24, 2.45) is 0 Å². The molecule has 3 aromatic carbocycles. The van der Waals surface area contributed by atoms with Crippen molar-refractivity contribution in [3.63, 3.8) is 0 Å². The van der Waals surface area contributed by atoms with Crippen molar-refractivity contribution in [3.05, 3.63) is 64.9 Å². The zero-order valence-electron chi connectivity index (χ0n) is 15.7. The van der Waals surface area contributed by atoms with Crippen LogP contribution in [0.4, 0.5) is 15.8 Å². The molecule has 3 aromatic rings. The minimum absolute atomic E-state index is 0.158. The van der Waals surface area contributed by atoms with Crippen LogP contribution in [0.2, 0.25) is 0 Å². The van der Waals surface area contributed by atoms with Gasteiger partial charge in [0.15, 0.2) is 6.61 Å². The molecule has 0 spiro atoms. The van der Waals surface area contributed by atoms with E-state index in [4.69, 9.17) is 9.47 Å². The molecule has 0 unspecified atom stereocenters. The Morgan fingerprint density at radius 3 is 2.62 bits per heavy atom. The summed E-state index contributed by atoms with van der Waals surface area (Å²) >= 11 is 3.45. The summed E-state index contributed by atoms with van der Waals surface area (Å²) < 4.78 is 26.3. The zero-order valence-corrected chi connectivity index (χ0v) is 17.2. The third-order valence-electron chi connectivity index (χ3n) is 4.73. The summed E-state index contributed by atoms with van der Waals surface area (Å²) in [7, 11) is 0. The predicted octanol–water partition coefficient (Wildman–Crippen LogP) is 4.60. The minimum Gasteiger partial charge on any atom is -0.484 e. The summed E-state index contributed by atoms with van der Waals surface area (Å²) in [4.78, 5) is 14.1. The number of fused-ring (bicyclic) bond motifs is 1. The summed E-state index contributed by atoms with van der Waals surface area (Å²) in [6.45, 7) is 2.32. The van der Waals surface area contributed by atoms with Crippen molar-refractivity contribution >= 4 is 44.0 Å². The highest BCUT2D eigenvalue weighted by atomic mass is 79.9. The molecule has 0 aliphatic carbocycles. The van der Waals surface area contributed by atoms with E-state index in [9.17, 15) is 9.18 Å². The fourth-order valence-corrected chi connectivity index (χ4v) is 3.65. The lowest BCUT2D eigenvalue weighted by Gasteiger charge is -2.29. The second-order valence-electron chi connectivity index (χ2n) is 6.76. The highest BCUT2D eigenvalue weighted by Gasteiger charge is 2.16. The van der Waals surface area contributed by atoms with Gasteiger partial charge in [0, 0.05) is 23.2 Å². The van der Waals surface area contributed by atoms with Crippen LogP contribution >= 0.6 is 15.9 Å². The predicted molar refractivity (Wildman–Crippen MR) is 115 cm³/mol. The Bertz CT molecular complexity index is 1040. The van der Waals surface area contributed by atoms with Gasteiger partial charge in [-0.3, -0.25) is 4.79 Å². The van der Waals surface area contributed by atoms with E-state index >= 15 is 0 Å². The van der Waals surface area contributed by atoms with Crippen LogP contribution in [-0.2, 0) is 9.53 Å². The number of nitrogens with zero attached hydrogens (tertiary/aromatic N) is 1. The van der Waals surface area contributed by atoms with Crippen LogP contribution in [-0.4, -0.2) is 38.8 Å². The van der Waals surface area contributed by atoms with Crippen LogP contribution in [0.5, 0.6) is 5.75 Å². The standard InChI is InChI=1S/C22H20BrFN2O3/c23-17-3-1-16-12-19(5-2-15(16)11-17)29-14-22(27)25-18-4-6-21(20(24)13-18)26-7-9-28-10-8-26/h1-6,11-13H,7-10,14H2,(H,25,27). The van der Waals surface area contributed by atoms with E-state index in [-0.39, 0.29) is 18.3 Å². The topological polar surface area (TPSA) is 50.8 Å². The van der Waals surface area contributed by atoms with Crippen LogP contribution in [0.1, 0.15) is 0 Å². The number of amides is 1. The van der Waals surface area contributed by atoms with E-state index in [1.165, 1.54) is 6.07 Å². The van der Waals surface area contributed by atoms with Crippen LogP contribution in [0.15, 0.2) is 59.1 Å². The van der Waals surface area contributed by atoms with Gasteiger partial charge in [-0.1, -0.05) is 28.1 Å². The van der Waals surface area contributed by atoms with Crippen molar-refractivity contribution in [1.82, 2.24) is 0 Å². The molecule has 150 valence electrons. The number of nitrogens with one attached hydrogen (secondary N) is 1. The number of rotatable bonds is 5. The number of hydrogen-bond acceptors (Lipinski definition) is 4. The Kier molecular flexibility index (Phi) is 5.97. The molecule has 1 amide bonds. The molecule has 1 aliphatic rings. The number of halogens is 2.